The fourth-order valence-electron chi connectivity index (χ4n) is 3.05. The number of hydrogen-bond donors (Lipinski definition) is 2. The molecule has 0 atom stereocenters. The molecule has 1 aliphatic rings. The zero-order valence-corrected chi connectivity index (χ0v) is 16.3. The van der Waals surface area contributed by atoms with Crippen molar-refractivity contribution in [1.29, 1.82) is 0 Å². The lowest BCUT2D eigenvalue weighted by molar-refractivity contribution is 0.0169. The van der Waals surface area contributed by atoms with Gasteiger partial charge in [0.05, 0.1) is 6.10 Å². The normalized spacial score (nSPS) is 21.8. The SMILES string of the molecule is CCC(CC)NCCCOC1CCC(NC(=O)OC(C)(C)C)CC1. The van der Waals surface area contributed by atoms with E-state index in [1.54, 1.807) is 0 Å². The molecule has 2 N–H and O–H groups in total. The van der Waals surface area contributed by atoms with Crippen molar-refractivity contribution in [3.63, 3.8) is 0 Å². The molecule has 1 amide bonds. The Balaban J connectivity index is 2.08. The summed E-state index contributed by atoms with van der Waals surface area (Å²) in [7, 11) is 0. The predicted octanol–water partition coefficient (Wildman–Crippen LogP) is 4.01. The van der Waals surface area contributed by atoms with Gasteiger partial charge < -0.3 is 20.1 Å². The quantitative estimate of drug-likeness (QED) is 0.622. The topological polar surface area (TPSA) is 59.6 Å². The van der Waals surface area contributed by atoms with Crippen LogP contribution in [0, 0.1) is 0 Å². The molecule has 0 heterocycles. The minimum absolute atomic E-state index is 0.219. The van der Waals surface area contributed by atoms with E-state index in [1.807, 2.05) is 20.8 Å². The van der Waals surface area contributed by atoms with Crippen molar-refractivity contribution in [3.05, 3.63) is 0 Å². The van der Waals surface area contributed by atoms with Crippen LogP contribution in [-0.2, 0) is 9.47 Å². The number of alkyl carbamates (subject to hydrolysis) is 1. The van der Waals surface area contributed by atoms with E-state index >= 15 is 0 Å². The van der Waals surface area contributed by atoms with Crippen molar-refractivity contribution in [2.24, 2.45) is 0 Å². The summed E-state index contributed by atoms with van der Waals surface area (Å²) in [5.41, 5.74) is -0.438. The van der Waals surface area contributed by atoms with E-state index in [-0.39, 0.29) is 12.1 Å². The lowest BCUT2D eigenvalue weighted by Crippen LogP contribution is -2.42. The van der Waals surface area contributed by atoms with Crippen LogP contribution >= 0.6 is 0 Å². The van der Waals surface area contributed by atoms with E-state index in [0.717, 1.165) is 45.3 Å². The number of rotatable bonds is 9. The van der Waals surface area contributed by atoms with Gasteiger partial charge in [-0.1, -0.05) is 13.8 Å². The van der Waals surface area contributed by atoms with Gasteiger partial charge >= 0.3 is 6.09 Å². The van der Waals surface area contributed by atoms with E-state index in [1.165, 1.54) is 12.8 Å². The van der Waals surface area contributed by atoms with Crippen LogP contribution in [0.1, 0.15) is 79.6 Å². The van der Waals surface area contributed by atoms with Gasteiger partial charge in [-0.25, -0.2) is 4.79 Å². The Morgan fingerprint density at radius 1 is 1.12 bits per heavy atom. The molecule has 0 aromatic heterocycles. The largest absolute Gasteiger partial charge is 0.444 e. The molecule has 0 radical (unpaired) electrons. The summed E-state index contributed by atoms with van der Waals surface area (Å²) in [6, 6.07) is 0.857. The first-order valence-corrected chi connectivity index (χ1v) is 9.68. The molecular formula is C19H38N2O3. The molecule has 0 spiro atoms. The van der Waals surface area contributed by atoms with Crippen molar-refractivity contribution >= 4 is 6.09 Å². The summed E-state index contributed by atoms with van der Waals surface area (Å²) in [6.07, 6.45) is 7.44. The van der Waals surface area contributed by atoms with Crippen molar-refractivity contribution < 1.29 is 14.3 Å². The maximum Gasteiger partial charge on any atom is 0.407 e. The molecular weight excluding hydrogens is 304 g/mol. The zero-order valence-electron chi connectivity index (χ0n) is 16.3. The van der Waals surface area contributed by atoms with E-state index < -0.39 is 5.60 Å². The van der Waals surface area contributed by atoms with E-state index in [2.05, 4.69) is 24.5 Å². The Morgan fingerprint density at radius 3 is 2.29 bits per heavy atom. The smallest absolute Gasteiger partial charge is 0.407 e. The highest BCUT2D eigenvalue weighted by Crippen LogP contribution is 2.21. The van der Waals surface area contributed by atoms with Gasteiger partial charge in [-0.05, 0) is 72.3 Å². The molecule has 0 aliphatic heterocycles. The van der Waals surface area contributed by atoms with Crippen LogP contribution in [-0.4, -0.2) is 43.0 Å². The highest BCUT2D eigenvalue weighted by Gasteiger charge is 2.24. The standard InChI is InChI=1S/C19H38N2O3/c1-6-15(7-2)20-13-8-14-23-17-11-9-16(10-12-17)21-18(22)24-19(3,4)5/h15-17,20H,6-14H2,1-5H3,(H,21,22). The van der Waals surface area contributed by atoms with Gasteiger partial charge in [0.25, 0.3) is 0 Å². The number of amides is 1. The lowest BCUT2D eigenvalue weighted by Gasteiger charge is -2.30. The Morgan fingerprint density at radius 2 is 1.75 bits per heavy atom. The highest BCUT2D eigenvalue weighted by molar-refractivity contribution is 5.68. The Labute approximate surface area is 148 Å². The van der Waals surface area contributed by atoms with Gasteiger partial charge in [0.15, 0.2) is 0 Å². The Hall–Kier alpha value is -0.810. The second kappa shape index (κ2) is 10.9. The maximum atomic E-state index is 11.8. The van der Waals surface area contributed by atoms with Gasteiger partial charge in [0.2, 0.25) is 0 Å². The molecule has 0 aromatic rings. The van der Waals surface area contributed by atoms with Crippen LogP contribution in [0.4, 0.5) is 4.79 Å². The van der Waals surface area contributed by atoms with Crippen molar-refractivity contribution in [2.45, 2.75) is 103 Å². The van der Waals surface area contributed by atoms with Crippen LogP contribution in [0.3, 0.4) is 0 Å². The van der Waals surface area contributed by atoms with Crippen molar-refractivity contribution in [1.82, 2.24) is 10.6 Å². The second-order valence-electron chi connectivity index (χ2n) is 7.81. The summed E-state index contributed by atoms with van der Waals surface area (Å²) in [5, 5.41) is 6.53. The molecule has 1 saturated carbocycles. The monoisotopic (exact) mass is 342 g/mol. The molecule has 0 bridgehead atoms. The van der Waals surface area contributed by atoms with E-state index in [9.17, 15) is 4.79 Å². The number of hydrogen-bond acceptors (Lipinski definition) is 4. The molecule has 5 heteroatoms. The Bertz CT molecular complexity index is 343. The fraction of sp³-hybridized carbons (Fsp3) is 0.947. The zero-order chi connectivity index (χ0) is 18.0. The summed E-state index contributed by atoms with van der Waals surface area (Å²) in [6.45, 7) is 12.0. The highest BCUT2D eigenvalue weighted by atomic mass is 16.6. The third-order valence-electron chi connectivity index (χ3n) is 4.49. The first kappa shape index (κ1) is 21.2. The summed E-state index contributed by atoms with van der Waals surface area (Å²) in [5.74, 6) is 0. The molecule has 5 nitrogen and oxygen atoms in total. The number of ether oxygens (including phenoxy) is 2. The first-order valence-electron chi connectivity index (χ1n) is 9.68. The minimum Gasteiger partial charge on any atom is -0.444 e. The third-order valence-corrected chi connectivity index (χ3v) is 4.49. The molecule has 1 aliphatic carbocycles. The van der Waals surface area contributed by atoms with E-state index in [0.29, 0.717) is 12.1 Å². The van der Waals surface area contributed by atoms with Crippen LogP contribution in [0.2, 0.25) is 0 Å². The van der Waals surface area contributed by atoms with Gasteiger partial charge in [-0.2, -0.15) is 0 Å². The molecule has 142 valence electrons. The maximum absolute atomic E-state index is 11.8. The average Bonchev–Trinajstić information content (AvgIpc) is 2.50. The predicted molar refractivity (Wildman–Crippen MR) is 98.4 cm³/mol. The van der Waals surface area contributed by atoms with Crippen LogP contribution in [0.5, 0.6) is 0 Å². The lowest BCUT2D eigenvalue weighted by atomic mass is 9.93. The average molecular weight is 343 g/mol. The summed E-state index contributed by atoms with van der Waals surface area (Å²) >= 11 is 0. The van der Waals surface area contributed by atoms with Crippen LogP contribution in [0.15, 0.2) is 0 Å². The van der Waals surface area contributed by atoms with Gasteiger partial charge in [-0.3, -0.25) is 0 Å². The Kier molecular flexibility index (Phi) is 9.67. The molecule has 0 aromatic carbocycles. The number of carbonyl (C=O) groups excluding carboxylic acids is 1. The fourth-order valence-corrected chi connectivity index (χ4v) is 3.05. The van der Waals surface area contributed by atoms with Crippen molar-refractivity contribution in [2.75, 3.05) is 13.2 Å². The second-order valence-corrected chi connectivity index (χ2v) is 7.81. The van der Waals surface area contributed by atoms with Gasteiger partial charge in [0.1, 0.15) is 5.60 Å². The molecule has 0 unspecified atom stereocenters. The first-order chi connectivity index (χ1) is 11.3. The van der Waals surface area contributed by atoms with Crippen molar-refractivity contribution in [3.8, 4) is 0 Å². The molecule has 0 saturated heterocycles. The molecule has 1 fully saturated rings. The number of nitrogens with one attached hydrogen (secondary N) is 2. The number of carbonyl (C=O) groups is 1. The third kappa shape index (κ3) is 9.48. The summed E-state index contributed by atoms with van der Waals surface area (Å²) < 4.78 is 11.3. The van der Waals surface area contributed by atoms with E-state index in [4.69, 9.17) is 9.47 Å². The van der Waals surface area contributed by atoms with Crippen LogP contribution in [0.25, 0.3) is 0 Å². The minimum atomic E-state index is -0.438. The molecule has 1 rings (SSSR count). The van der Waals surface area contributed by atoms with Gasteiger partial charge in [0, 0.05) is 18.7 Å². The molecule has 24 heavy (non-hydrogen) atoms. The van der Waals surface area contributed by atoms with Gasteiger partial charge in [-0.15, -0.1) is 0 Å². The van der Waals surface area contributed by atoms with Crippen LogP contribution < -0.4 is 10.6 Å². The summed E-state index contributed by atoms with van der Waals surface area (Å²) in [4.78, 5) is 11.8.